The number of aliphatic hydroxyl groups is 1. The fourth-order valence-corrected chi connectivity index (χ4v) is 4.71. The van der Waals surface area contributed by atoms with Crippen LogP contribution in [0.25, 0.3) is 0 Å². The van der Waals surface area contributed by atoms with Crippen LogP contribution in [0.1, 0.15) is 57.4 Å². The van der Waals surface area contributed by atoms with E-state index in [9.17, 15) is 14.3 Å². The number of hydrogen-bond acceptors (Lipinski definition) is 4. The number of benzene rings is 1. The van der Waals surface area contributed by atoms with E-state index < -0.39 is 6.29 Å². The summed E-state index contributed by atoms with van der Waals surface area (Å²) in [6.07, 6.45) is 9.02. The number of rotatable bonds is 9. The van der Waals surface area contributed by atoms with Crippen molar-refractivity contribution in [3.05, 3.63) is 47.5 Å². The average molecular weight is 420 g/mol. The number of allylic oxidation sites excluding steroid dienone is 1. The van der Waals surface area contributed by atoms with Gasteiger partial charge in [0.15, 0.2) is 5.76 Å². The van der Waals surface area contributed by atoms with Crippen molar-refractivity contribution in [1.29, 1.82) is 0 Å². The first-order valence-electron chi connectivity index (χ1n) is 11.3. The van der Waals surface area contributed by atoms with E-state index in [0.717, 1.165) is 24.8 Å². The summed E-state index contributed by atoms with van der Waals surface area (Å²) < 4.78 is 25.0. The smallest absolute Gasteiger partial charge is 0.286 e. The highest BCUT2D eigenvalue weighted by atomic mass is 19.1. The highest BCUT2D eigenvalue weighted by Crippen LogP contribution is 2.42. The zero-order chi connectivity index (χ0) is 21.3. The van der Waals surface area contributed by atoms with Crippen molar-refractivity contribution < 1.29 is 23.8 Å². The predicted octanol–water partition coefficient (Wildman–Crippen LogP) is 4.30. The number of amides is 1. The molecule has 6 heteroatoms. The minimum Gasteiger partial charge on any atom is -0.459 e. The molecule has 1 heterocycles. The van der Waals surface area contributed by atoms with E-state index in [4.69, 9.17) is 9.47 Å². The lowest BCUT2D eigenvalue weighted by atomic mass is 9.71. The molecule has 2 N–H and O–H groups in total. The Hall–Kier alpha value is -1.92. The van der Waals surface area contributed by atoms with Crippen molar-refractivity contribution in [3.63, 3.8) is 0 Å². The molecule has 166 valence electrons. The Morgan fingerprint density at radius 1 is 1.23 bits per heavy atom. The van der Waals surface area contributed by atoms with Gasteiger partial charge in [-0.25, -0.2) is 4.39 Å². The normalized spacial score (nSPS) is 24.8. The largest absolute Gasteiger partial charge is 0.459 e. The molecule has 1 aromatic carbocycles. The van der Waals surface area contributed by atoms with Crippen molar-refractivity contribution in [3.8, 4) is 0 Å². The summed E-state index contributed by atoms with van der Waals surface area (Å²) in [5.74, 6) is 0.584. The molecule has 1 fully saturated rings. The molecular weight excluding hydrogens is 385 g/mol. The van der Waals surface area contributed by atoms with E-state index >= 15 is 0 Å². The number of ether oxygens (including phenoxy) is 2. The second kappa shape index (κ2) is 11.5. The third-order valence-corrected chi connectivity index (χ3v) is 6.24. The van der Waals surface area contributed by atoms with Gasteiger partial charge in [-0.3, -0.25) is 4.79 Å². The summed E-state index contributed by atoms with van der Waals surface area (Å²) in [4.78, 5) is 12.9. The molecule has 0 aromatic heterocycles. The van der Waals surface area contributed by atoms with Crippen LogP contribution in [-0.4, -0.2) is 30.5 Å². The van der Waals surface area contributed by atoms with Gasteiger partial charge in [-0.1, -0.05) is 31.4 Å². The Morgan fingerprint density at radius 2 is 1.97 bits per heavy atom. The molecule has 1 aliphatic carbocycles. The van der Waals surface area contributed by atoms with E-state index in [1.807, 2.05) is 13.0 Å². The maximum Gasteiger partial charge on any atom is 0.286 e. The van der Waals surface area contributed by atoms with Gasteiger partial charge in [-0.05, 0) is 68.2 Å². The molecule has 2 aliphatic rings. The maximum absolute atomic E-state index is 13.1. The second-order valence-electron chi connectivity index (χ2n) is 8.29. The van der Waals surface area contributed by atoms with Crippen molar-refractivity contribution in [2.75, 3.05) is 13.2 Å². The van der Waals surface area contributed by atoms with Gasteiger partial charge in [0, 0.05) is 25.7 Å². The summed E-state index contributed by atoms with van der Waals surface area (Å²) in [5, 5.41) is 12.2. The Labute approximate surface area is 178 Å². The van der Waals surface area contributed by atoms with E-state index in [1.54, 1.807) is 12.1 Å². The summed E-state index contributed by atoms with van der Waals surface area (Å²) in [6, 6.07) is 6.08. The topological polar surface area (TPSA) is 67.8 Å². The SMILES string of the molecule is CCO[C@@H]1OC(C(=O)NCc2ccc(F)cc2)=C[C@H](C2CCCCC2)[C@@H]1CCCO. The van der Waals surface area contributed by atoms with E-state index in [2.05, 4.69) is 5.32 Å². The monoisotopic (exact) mass is 419 g/mol. The number of hydrogen-bond donors (Lipinski definition) is 2. The highest BCUT2D eigenvalue weighted by molar-refractivity contribution is 5.91. The van der Waals surface area contributed by atoms with E-state index in [1.165, 1.54) is 31.4 Å². The first-order valence-corrected chi connectivity index (χ1v) is 11.3. The molecule has 1 aliphatic heterocycles. The minimum absolute atomic E-state index is 0.133. The van der Waals surface area contributed by atoms with Crippen LogP contribution in [0.2, 0.25) is 0 Å². The number of nitrogens with one attached hydrogen (secondary N) is 1. The maximum atomic E-state index is 13.1. The Bertz CT molecular complexity index is 700. The summed E-state index contributed by atoms with van der Waals surface area (Å²) in [6.45, 7) is 2.87. The van der Waals surface area contributed by atoms with Crippen LogP contribution in [0.4, 0.5) is 4.39 Å². The second-order valence-corrected chi connectivity index (χ2v) is 8.29. The predicted molar refractivity (Wildman–Crippen MR) is 113 cm³/mol. The van der Waals surface area contributed by atoms with Crippen LogP contribution < -0.4 is 5.32 Å². The summed E-state index contributed by atoms with van der Waals surface area (Å²) >= 11 is 0. The molecule has 0 radical (unpaired) electrons. The number of halogens is 1. The zero-order valence-corrected chi connectivity index (χ0v) is 17.8. The first-order chi connectivity index (χ1) is 14.6. The summed E-state index contributed by atoms with van der Waals surface area (Å²) in [7, 11) is 0. The van der Waals surface area contributed by atoms with Crippen molar-refractivity contribution in [2.24, 2.45) is 17.8 Å². The standard InChI is InChI=1S/C24H34FNO4/c1-2-29-24-20(9-6-14-27)21(18-7-4-3-5-8-18)15-22(30-24)23(28)26-16-17-10-12-19(25)13-11-17/h10-13,15,18,20-21,24,27H,2-9,14,16H2,1H3,(H,26,28)/t20-,21+,24+/m0/s1. The van der Waals surface area contributed by atoms with Gasteiger partial charge in [-0.2, -0.15) is 0 Å². The van der Waals surface area contributed by atoms with Crippen LogP contribution in [0, 0.1) is 23.6 Å². The van der Waals surface area contributed by atoms with Crippen LogP contribution in [0.15, 0.2) is 36.1 Å². The van der Waals surface area contributed by atoms with Gasteiger partial charge in [0.05, 0.1) is 0 Å². The number of carbonyl (C=O) groups is 1. The van der Waals surface area contributed by atoms with E-state index in [0.29, 0.717) is 31.2 Å². The molecule has 0 unspecified atom stereocenters. The van der Waals surface area contributed by atoms with Gasteiger partial charge in [-0.15, -0.1) is 0 Å². The molecule has 30 heavy (non-hydrogen) atoms. The van der Waals surface area contributed by atoms with Gasteiger partial charge < -0.3 is 19.9 Å². The lowest BCUT2D eigenvalue weighted by Gasteiger charge is -2.41. The lowest BCUT2D eigenvalue weighted by molar-refractivity contribution is -0.177. The molecule has 1 aromatic rings. The average Bonchev–Trinajstić information content (AvgIpc) is 2.78. The van der Waals surface area contributed by atoms with Crippen molar-refractivity contribution in [2.45, 2.75) is 64.7 Å². The third kappa shape index (κ3) is 6.05. The molecular formula is C24H34FNO4. The number of aliphatic hydroxyl groups excluding tert-OH is 1. The molecule has 0 bridgehead atoms. The Balaban J connectivity index is 1.75. The lowest BCUT2D eigenvalue weighted by Crippen LogP contribution is -2.42. The van der Waals surface area contributed by atoms with Gasteiger partial charge in [0.25, 0.3) is 5.91 Å². The van der Waals surface area contributed by atoms with Crippen LogP contribution >= 0.6 is 0 Å². The van der Waals surface area contributed by atoms with Crippen molar-refractivity contribution >= 4 is 5.91 Å². The van der Waals surface area contributed by atoms with Crippen molar-refractivity contribution in [1.82, 2.24) is 5.32 Å². The molecule has 5 nitrogen and oxygen atoms in total. The molecule has 3 rings (SSSR count). The fourth-order valence-electron chi connectivity index (χ4n) is 4.71. The molecule has 0 spiro atoms. The van der Waals surface area contributed by atoms with Gasteiger partial charge in [0.2, 0.25) is 6.29 Å². The molecule has 1 amide bonds. The zero-order valence-electron chi connectivity index (χ0n) is 17.8. The highest BCUT2D eigenvalue weighted by Gasteiger charge is 2.40. The Morgan fingerprint density at radius 3 is 2.63 bits per heavy atom. The minimum atomic E-state index is -0.481. The molecule has 0 saturated heterocycles. The molecule has 3 atom stereocenters. The van der Waals surface area contributed by atoms with Gasteiger partial charge in [0.1, 0.15) is 5.82 Å². The Kier molecular flexibility index (Phi) is 8.70. The molecule has 1 saturated carbocycles. The summed E-state index contributed by atoms with van der Waals surface area (Å²) in [5.41, 5.74) is 0.826. The number of carbonyl (C=O) groups excluding carboxylic acids is 1. The first kappa shape index (κ1) is 22.8. The van der Waals surface area contributed by atoms with Gasteiger partial charge >= 0.3 is 0 Å². The van der Waals surface area contributed by atoms with Crippen LogP contribution in [0.3, 0.4) is 0 Å². The van der Waals surface area contributed by atoms with E-state index in [-0.39, 0.29) is 30.2 Å². The third-order valence-electron chi connectivity index (χ3n) is 6.24. The van der Waals surface area contributed by atoms with Crippen LogP contribution in [-0.2, 0) is 20.8 Å². The van der Waals surface area contributed by atoms with Crippen LogP contribution in [0.5, 0.6) is 0 Å². The quantitative estimate of drug-likeness (QED) is 0.626. The fraction of sp³-hybridized carbons (Fsp3) is 0.625.